The van der Waals surface area contributed by atoms with Crippen molar-refractivity contribution < 1.29 is 4.79 Å². The standard InChI is InChI=1S/C13H24N2OS/c1-4-11-14-10(2)12(16)15(11)9-13(17-3)7-5-6-8-13/h10-11,14H,4-9H2,1-3H3. The van der Waals surface area contributed by atoms with Crippen LogP contribution >= 0.6 is 11.8 Å². The van der Waals surface area contributed by atoms with E-state index in [-0.39, 0.29) is 18.1 Å². The van der Waals surface area contributed by atoms with Gasteiger partial charge >= 0.3 is 0 Å². The van der Waals surface area contributed by atoms with Gasteiger partial charge in [-0.05, 0) is 32.4 Å². The predicted octanol–water partition coefficient (Wildman–Crippen LogP) is 2.22. The molecule has 2 unspecified atom stereocenters. The lowest BCUT2D eigenvalue weighted by atomic mass is 10.1. The third kappa shape index (κ3) is 2.48. The van der Waals surface area contributed by atoms with E-state index in [1.54, 1.807) is 0 Å². The SMILES string of the molecule is CCC1NC(C)C(=O)N1CC1(SC)CCCC1. The molecule has 3 nitrogen and oxygen atoms in total. The molecule has 1 saturated heterocycles. The summed E-state index contributed by atoms with van der Waals surface area (Å²) in [6, 6.07) is 0.000240. The van der Waals surface area contributed by atoms with Gasteiger partial charge in [0.15, 0.2) is 0 Å². The van der Waals surface area contributed by atoms with E-state index in [9.17, 15) is 4.79 Å². The maximum Gasteiger partial charge on any atom is 0.240 e. The van der Waals surface area contributed by atoms with E-state index in [4.69, 9.17) is 0 Å². The summed E-state index contributed by atoms with van der Waals surface area (Å²) in [4.78, 5) is 14.3. The van der Waals surface area contributed by atoms with Crippen LogP contribution in [0.1, 0.15) is 46.0 Å². The number of thioether (sulfide) groups is 1. The lowest BCUT2D eigenvalue weighted by Crippen LogP contribution is -2.45. The molecule has 98 valence electrons. The minimum Gasteiger partial charge on any atom is -0.324 e. The van der Waals surface area contributed by atoms with Crippen LogP contribution < -0.4 is 5.32 Å². The van der Waals surface area contributed by atoms with Crippen LogP contribution in [0, 0.1) is 0 Å². The van der Waals surface area contributed by atoms with Crippen molar-refractivity contribution >= 4 is 17.7 Å². The zero-order valence-corrected chi connectivity index (χ0v) is 12.0. The Kier molecular flexibility index (Phi) is 4.03. The van der Waals surface area contributed by atoms with Crippen molar-refractivity contribution in [3.05, 3.63) is 0 Å². The molecule has 0 bridgehead atoms. The second-order valence-electron chi connectivity index (χ2n) is 5.37. The third-order valence-electron chi connectivity index (χ3n) is 4.27. The molecule has 1 aliphatic heterocycles. The van der Waals surface area contributed by atoms with Crippen LogP contribution in [0.25, 0.3) is 0 Å². The largest absolute Gasteiger partial charge is 0.324 e. The van der Waals surface area contributed by atoms with Gasteiger partial charge in [0.25, 0.3) is 0 Å². The van der Waals surface area contributed by atoms with Gasteiger partial charge in [-0.25, -0.2) is 0 Å². The van der Waals surface area contributed by atoms with Crippen molar-refractivity contribution in [2.75, 3.05) is 12.8 Å². The van der Waals surface area contributed by atoms with Crippen LogP contribution in [0.4, 0.5) is 0 Å². The third-order valence-corrected chi connectivity index (χ3v) is 5.67. The van der Waals surface area contributed by atoms with E-state index in [0.29, 0.717) is 4.75 Å². The zero-order valence-electron chi connectivity index (χ0n) is 11.2. The van der Waals surface area contributed by atoms with Gasteiger partial charge < -0.3 is 4.90 Å². The molecule has 1 N–H and O–H groups in total. The first kappa shape index (κ1) is 13.2. The van der Waals surface area contributed by atoms with Crippen LogP contribution in [0.5, 0.6) is 0 Å². The molecule has 2 atom stereocenters. The van der Waals surface area contributed by atoms with Gasteiger partial charge in [0, 0.05) is 11.3 Å². The molecule has 2 aliphatic rings. The maximum absolute atomic E-state index is 12.2. The Balaban J connectivity index is 2.08. The minimum absolute atomic E-state index is 0.000240. The van der Waals surface area contributed by atoms with E-state index in [1.807, 2.05) is 18.7 Å². The zero-order chi connectivity index (χ0) is 12.5. The molecule has 0 spiro atoms. The summed E-state index contributed by atoms with van der Waals surface area (Å²) in [6.07, 6.45) is 8.63. The fourth-order valence-electron chi connectivity index (χ4n) is 3.14. The Bertz CT molecular complexity index is 289. The van der Waals surface area contributed by atoms with Gasteiger partial charge in [-0.2, -0.15) is 11.8 Å². The molecule has 1 heterocycles. The molecule has 0 aromatic heterocycles. The first-order chi connectivity index (χ1) is 8.12. The smallest absolute Gasteiger partial charge is 0.240 e. The number of hydrogen-bond donors (Lipinski definition) is 1. The van der Waals surface area contributed by atoms with Crippen molar-refractivity contribution in [3.63, 3.8) is 0 Å². The number of nitrogens with one attached hydrogen (secondary N) is 1. The first-order valence-corrected chi connectivity index (χ1v) is 7.96. The molecule has 1 amide bonds. The van der Waals surface area contributed by atoms with E-state index in [0.717, 1.165) is 13.0 Å². The van der Waals surface area contributed by atoms with E-state index >= 15 is 0 Å². The van der Waals surface area contributed by atoms with Crippen molar-refractivity contribution in [2.24, 2.45) is 0 Å². The Labute approximate surface area is 109 Å². The number of nitrogens with zero attached hydrogens (tertiary/aromatic N) is 1. The van der Waals surface area contributed by atoms with Crippen LogP contribution in [0.2, 0.25) is 0 Å². The molecule has 2 rings (SSSR count). The summed E-state index contributed by atoms with van der Waals surface area (Å²) < 4.78 is 0.328. The molecule has 0 aromatic carbocycles. The van der Waals surface area contributed by atoms with Gasteiger partial charge in [-0.15, -0.1) is 0 Å². The highest BCUT2D eigenvalue weighted by Gasteiger charge is 2.42. The first-order valence-electron chi connectivity index (χ1n) is 6.73. The number of carbonyl (C=O) groups is 1. The highest BCUT2D eigenvalue weighted by molar-refractivity contribution is 8.00. The molecule has 17 heavy (non-hydrogen) atoms. The van der Waals surface area contributed by atoms with Gasteiger partial charge in [-0.1, -0.05) is 19.8 Å². The average Bonchev–Trinajstić information content (AvgIpc) is 2.90. The molecule has 1 aliphatic carbocycles. The van der Waals surface area contributed by atoms with Crippen LogP contribution in [0.3, 0.4) is 0 Å². The number of carbonyl (C=O) groups excluding carboxylic acids is 1. The summed E-state index contributed by atoms with van der Waals surface area (Å²) in [5.41, 5.74) is 0. The number of hydrogen-bond acceptors (Lipinski definition) is 3. The summed E-state index contributed by atoms with van der Waals surface area (Å²) >= 11 is 1.96. The Morgan fingerprint density at radius 2 is 2.12 bits per heavy atom. The summed E-state index contributed by atoms with van der Waals surface area (Å²) in [5.74, 6) is 0.289. The van der Waals surface area contributed by atoms with Gasteiger partial charge in [0.05, 0.1) is 12.2 Å². The quantitative estimate of drug-likeness (QED) is 0.837. The second-order valence-corrected chi connectivity index (χ2v) is 6.65. The van der Waals surface area contributed by atoms with Gasteiger partial charge in [0.1, 0.15) is 0 Å². The molecule has 0 radical (unpaired) electrons. The summed E-state index contributed by atoms with van der Waals surface area (Å²) in [6.45, 7) is 5.06. The van der Waals surface area contributed by atoms with E-state index in [1.165, 1.54) is 25.7 Å². The predicted molar refractivity (Wildman–Crippen MR) is 73.1 cm³/mol. The highest BCUT2D eigenvalue weighted by Crippen LogP contribution is 2.41. The molecule has 1 saturated carbocycles. The lowest BCUT2D eigenvalue weighted by Gasteiger charge is -2.34. The highest BCUT2D eigenvalue weighted by atomic mass is 32.2. The minimum atomic E-state index is 0.000240. The molecule has 2 fully saturated rings. The van der Waals surface area contributed by atoms with Crippen LogP contribution in [0.15, 0.2) is 0 Å². The Hall–Kier alpha value is -0.220. The van der Waals surface area contributed by atoms with E-state index in [2.05, 4.69) is 23.4 Å². The monoisotopic (exact) mass is 256 g/mol. The summed E-state index contributed by atoms with van der Waals surface area (Å²) in [7, 11) is 0. The molecular formula is C13H24N2OS. The van der Waals surface area contributed by atoms with Crippen molar-refractivity contribution in [3.8, 4) is 0 Å². The van der Waals surface area contributed by atoms with Crippen LogP contribution in [-0.4, -0.2) is 40.6 Å². The van der Waals surface area contributed by atoms with Crippen molar-refractivity contribution in [1.82, 2.24) is 10.2 Å². The van der Waals surface area contributed by atoms with E-state index < -0.39 is 0 Å². The number of amides is 1. The average molecular weight is 256 g/mol. The van der Waals surface area contributed by atoms with Gasteiger partial charge in [-0.3, -0.25) is 10.1 Å². The molecule has 0 aromatic rings. The normalized spacial score (nSPS) is 32.4. The molecule has 4 heteroatoms. The van der Waals surface area contributed by atoms with Crippen LogP contribution in [-0.2, 0) is 4.79 Å². The lowest BCUT2D eigenvalue weighted by molar-refractivity contribution is -0.130. The van der Waals surface area contributed by atoms with Crippen molar-refractivity contribution in [2.45, 2.75) is 62.9 Å². The summed E-state index contributed by atoms with van der Waals surface area (Å²) in [5, 5.41) is 3.39. The second kappa shape index (κ2) is 5.19. The Morgan fingerprint density at radius 3 is 2.65 bits per heavy atom. The topological polar surface area (TPSA) is 32.3 Å². The fourth-order valence-corrected chi connectivity index (χ4v) is 4.10. The maximum atomic E-state index is 12.2. The Morgan fingerprint density at radius 1 is 1.47 bits per heavy atom. The van der Waals surface area contributed by atoms with Crippen molar-refractivity contribution in [1.29, 1.82) is 0 Å². The number of rotatable bonds is 4. The molecular weight excluding hydrogens is 232 g/mol. The fraction of sp³-hybridized carbons (Fsp3) is 0.923. The van der Waals surface area contributed by atoms with Gasteiger partial charge in [0.2, 0.25) is 5.91 Å².